The molecule has 0 saturated carbocycles. The average molecular weight is 636 g/mol. The highest BCUT2D eigenvalue weighted by molar-refractivity contribution is 6.06. The molecule has 47 heavy (non-hydrogen) atoms. The average Bonchev–Trinajstić information content (AvgIpc) is 3.60. The zero-order valence-electron chi connectivity index (χ0n) is 27.5. The Balaban J connectivity index is 1.52. The Morgan fingerprint density at radius 3 is 2.36 bits per heavy atom. The van der Waals surface area contributed by atoms with Crippen molar-refractivity contribution in [3.8, 4) is 0 Å². The van der Waals surface area contributed by atoms with Crippen molar-refractivity contribution < 1.29 is 24.2 Å². The molecule has 1 N–H and O–H groups in total. The molecular formula is C39H45N3O5. The van der Waals surface area contributed by atoms with Crippen LogP contribution in [0.15, 0.2) is 98.1 Å². The van der Waals surface area contributed by atoms with E-state index < -0.39 is 41.7 Å². The van der Waals surface area contributed by atoms with E-state index in [2.05, 4.69) is 13.2 Å². The van der Waals surface area contributed by atoms with Crippen molar-refractivity contribution in [2.45, 2.75) is 56.9 Å². The van der Waals surface area contributed by atoms with Gasteiger partial charge in [-0.1, -0.05) is 86.7 Å². The molecule has 0 aromatic heterocycles. The molecule has 1 spiro atoms. The topological polar surface area (TPSA) is 90.4 Å². The number of hydrogen-bond donors (Lipinski definition) is 1. The number of aliphatic hydroxyl groups excluding tert-OH is 1. The Kier molecular flexibility index (Phi) is 8.85. The van der Waals surface area contributed by atoms with Crippen molar-refractivity contribution in [1.82, 2.24) is 9.80 Å². The first-order valence-corrected chi connectivity index (χ1v) is 16.7. The van der Waals surface area contributed by atoms with E-state index in [4.69, 9.17) is 4.74 Å². The summed E-state index contributed by atoms with van der Waals surface area (Å²) < 4.78 is 7.03. The van der Waals surface area contributed by atoms with Crippen LogP contribution >= 0.6 is 0 Å². The van der Waals surface area contributed by atoms with Gasteiger partial charge in [0.1, 0.15) is 11.6 Å². The molecule has 0 aliphatic carbocycles. The van der Waals surface area contributed by atoms with E-state index in [1.54, 1.807) is 22.0 Å². The van der Waals surface area contributed by atoms with Crippen molar-refractivity contribution >= 4 is 34.2 Å². The molecule has 8 nitrogen and oxygen atoms in total. The van der Waals surface area contributed by atoms with Gasteiger partial charge in [-0.05, 0) is 54.2 Å². The molecule has 3 amide bonds. The standard InChI is InChI=1S/C39H45N3O5/c1-6-20-40(21-7-2)35(44)32-33-36(45)42(31(25-43)28-15-10-9-11-16-28)34(39(33)24-26(4)38(32,5)47-39)37(46)41(22-8-3)30-19-18-27-14-12-13-17-29(27)23-30/h6,8-19,23,26,31-34,43H,1,3,7,20-22,24-25H2,2,4-5H3/t26?,31-,32+,33+,34?,38-,39?/m1/s1. The van der Waals surface area contributed by atoms with E-state index in [1.165, 1.54) is 4.90 Å². The predicted octanol–water partition coefficient (Wildman–Crippen LogP) is 5.53. The number of carbonyl (C=O) groups excluding carboxylic acids is 3. The van der Waals surface area contributed by atoms with Gasteiger partial charge in [-0.15, -0.1) is 13.2 Å². The number of rotatable bonds is 12. The molecule has 3 heterocycles. The summed E-state index contributed by atoms with van der Waals surface area (Å²) in [6, 6.07) is 21.2. The molecule has 3 aliphatic heterocycles. The minimum absolute atomic E-state index is 0.110. The molecule has 246 valence electrons. The maximum absolute atomic E-state index is 15.2. The number of likely N-dealkylation sites (tertiary alicyclic amines) is 1. The Hall–Kier alpha value is -4.27. The molecule has 3 aromatic carbocycles. The molecule has 3 unspecified atom stereocenters. The van der Waals surface area contributed by atoms with Crippen LogP contribution in [0.3, 0.4) is 0 Å². The van der Waals surface area contributed by atoms with E-state index in [9.17, 15) is 9.90 Å². The highest BCUT2D eigenvalue weighted by Gasteiger charge is 2.80. The molecule has 6 rings (SSSR count). The molecule has 7 atom stereocenters. The molecule has 3 aliphatic rings. The van der Waals surface area contributed by atoms with E-state index in [0.717, 1.165) is 17.2 Å². The van der Waals surface area contributed by atoms with Gasteiger partial charge in [0.25, 0.3) is 5.91 Å². The SMILES string of the molecule is C=CCN(CCC)C(=O)[C@@H]1[C@H]2C(=O)N([C@H](CO)c3ccccc3)C(C(=O)N(CC=C)c3ccc4ccccc4c3)C23CC(C)[C@@]1(C)O3. The van der Waals surface area contributed by atoms with E-state index in [0.29, 0.717) is 30.8 Å². The van der Waals surface area contributed by atoms with Gasteiger partial charge in [0.2, 0.25) is 11.8 Å². The van der Waals surface area contributed by atoms with Gasteiger partial charge in [-0.25, -0.2) is 0 Å². The molecule has 3 fully saturated rings. The number of benzene rings is 3. The van der Waals surface area contributed by atoms with Crippen molar-refractivity contribution in [1.29, 1.82) is 0 Å². The first kappa shape index (κ1) is 32.7. The molecule has 2 bridgehead atoms. The summed E-state index contributed by atoms with van der Waals surface area (Å²) in [5.74, 6) is -2.63. The van der Waals surface area contributed by atoms with Crippen molar-refractivity contribution in [3.63, 3.8) is 0 Å². The summed E-state index contributed by atoms with van der Waals surface area (Å²) in [6.07, 6.45) is 4.55. The van der Waals surface area contributed by atoms with Crippen LogP contribution < -0.4 is 4.90 Å². The first-order chi connectivity index (χ1) is 22.7. The zero-order chi connectivity index (χ0) is 33.5. The van der Waals surface area contributed by atoms with Gasteiger partial charge in [-0.3, -0.25) is 14.4 Å². The summed E-state index contributed by atoms with van der Waals surface area (Å²) in [7, 11) is 0. The lowest BCUT2D eigenvalue weighted by Crippen LogP contribution is -2.57. The Labute approximate surface area is 277 Å². The van der Waals surface area contributed by atoms with Crippen LogP contribution in [0.4, 0.5) is 5.69 Å². The number of nitrogens with zero attached hydrogens (tertiary/aromatic N) is 3. The number of ether oxygens (including phenoxy) is 1. The Bertz CT molecular complexity index is 1690. The fraction of sp³-hybridized carbons (Fsp3) is 0.410. The third kappa shape index (κ3) is 5.09. The third-order valence-corrected chi connectivity index (χ3v) is 10.7. The van der Waals surface area contributed by atoms with Gasteiger partial charge in [0.05, 0.1) is 30.1 Å². The summed E-state index contributed by atoms with van der Waals surface area (Å²) in [5, 5.41) is 12.9. The van der Waals surface area contributed by atoms with Crippen LogP contribution in [0.2, 0.25) is 0 Å². The number of fused-ring (bicyclic) bond motifs is 2. The molecule has 0 radical (unpaired) electrons. The highest BCUT2D eigenvalue weighted by atomic mass is 16.5. The quantitative estimate of drug-likeness (QED) is 0.265. The molecule has 3 aromatic rings. The summed E-state index contributed by atoms with van der Waals surface area (Å²) >= 11 is 0. The lowest BCUT2D eigenvalue weighted by Gasteiger charge is -2.39. The predicted molar refractivity (Wildman–Crippen MR) is 183 cm³/mol. The lowest BCUT2D eigenvalue weighted by molar-refractivity contribution is -0.153. The number of aliphatic hydroxyl groups is 1. The van der Waals surface area contributed by atoms with Crippen molar-refractivity contribution in [2.24, 2.45) is 17.8 Å². The highest BCUT2D eigenvalue weighted by Crippen LogP contribution is 2.66. The van der Waals surface area contributed by atoms with Gasteiger partial charge >= 0.3 is 0 Å². The van der Waals surface area contributed by atoms with E-state index >= 15 is 9.59 Å². The normalized spacial score (nSPS) is 28.3. The first-order valence-electron chi connectivity index (χ1n) is 16.7. The van der Waals surface area contributed by atoms with E-state index in [-0.39, 0.29) is 30.2 Å². The Morgan fingerprint density at radius 1 is 1.02 bits per heavy atom. The minimum Gasteiger partial charge on any atom is -0.394 e. The summed E-state index contributed by atoms with van der Waals surface area (Å²) in [5.41, 5.74) is -0.856. The maximum atomic E-state index is 15.2. The van der Waals surface area contributed by atoms with E-state index in [1.807, 2.05) is 93.6 Å². The number of hydrogen-bond acceptors (Lipinski definition) is 5. The zero-order valence-corrected chi connectivity index (χ0v) is 27.5. The maximum Gasteiger partial charge on any atom is 0.253 e. The van der Waals surface area contributed by atoms with Gasteiger partial charge < -0.3 is 24.5 Å². The molecule has 3 saturated heterocycles. The fourth-order valence-corrected chi connectivity index (χ4v) is 8.56. The second-order valence-electron chi connectivity index (χ2n) is 13.4. The fourth-order valence-electron chi connectivity index (χ4n) is 8.56. The molecular weight excluding hydrogens is 590 g/mol. The Morgan fingerprint density at radius 2 is 1.70 bits per heavy atom. The third-order valence-electron chi connectivity index (χ3n) is 10.7. The van der Waals surface area contributed by atoms with Crippen LogP contribution in [0.5, 0.6) is 0 Å². The lowest BCUT2D eigenvalue weighted by atomic mass is 9.62. The monoisotopic (exact) mass is 635 g/mol. The second-order valence-corrected chi connectivity index (χ2v) is 13.4. The largest absolute Gasteiger partial charge is 0.394 e. The number of carbonyl (C=O) groups is 3. The van der Waals surface area contributed by atoms with Gasteiger partial charge in [-0.2, -0.15) is 0 Å². The van der Waals surface area contributed by atoms with Gasteiger partial charge in [0.15, 0.2) is 0 Å². The van der Waals surface area contributed by atoms with Gasteiger partial charge in [0, 0.05) is 25.3 Å². The van der Waals surface area contributed by atoms with Crippen LogP contribution in [-0.2, 0) is 19.1 Å². The van der Waals surface area contributed by atoms with Crippen molar-refractivity contribution in [2.75, 3.05) is 31.1 Å². The van der Waals surface area contributed by atoms with Crippen LogP contribution in [-0.4, -0.2) is 76.1 Å². The summed E-state index contributed by atoms with van der Waals surface area (Å²) in [6.45, 7) is 14.5. The summed E-state index contributed by atoms with van der Waals surface area (Å²) in [4.78, 5) is 49.7. The van der Waals surface area contributed by atoms with Crippen LogP contribution in [0, 0.1) is 17.8 Å². The molecule has 8 heteroatoms. The van der Waals surface area contributed by atoms with Crippen molar-refractivity contribution in [3.05, 3.63) is 104 Å². The van der Waals surface area contributed by atoms with Crippen LogP contribution in [0.25, 0.3) is 10.8 Å². The van der Waals surface area contributed by atoms with Crippen LogP contribution in [0.1, 0.15) is 45.2 Å². The smallest absolute Gasteiger partial charge is 0.253 e. The number of anilines is 1. The second kappa shape index (κ2) is 12.7. The number of amides is 3. The minimum atomic E-state index is -1.27.